The lowest BCUT2D eigenvalue weighted by Crippen LogP contribution is -2.49. The van der Waals surface area contributed by atoms with Crippen LogP contribution in [0.2, 0.25) is 0 Å². The standard InChI is InChI=1S/C30H29N5O7/c1-6-40-29(39)34(5)28(38)30(3,4)42-24-10-8-7-9-23(24)41-21-13-11-20(12-14-21)33-25-19(15-31)16-32-35-17-22(27(36)37)18(2)26(25)35/h7-14,16-17,33H,6H2,1-5H3,(H,36,37). The molecule has 12 nitrogen and oxygen atoms in total. The lowest BCUT2D eigenvalue weighted by atomic mass is 10.1. The molecule has 216 valence electrons. The molecule has 2 heterocycles. The van der Waals surface area contributed by atoms with Crippen LogP contribution in [-0.4, -0.2) is 56.8 Å². The number of nitrogens with zero attached hydrogens (tertiary/aromatic N) is 4. The van der Waals surface area contributed by atoms with E-state index in [4.69, 9.17) is 14.2 Å². The molecule has 0 aliphatic carbocycles. The highest BCUT2D eigenvalue weighted by Crippen LogP contribution is 2.35. The zero-order valence-corrected chi connectivity index (χ0v) is 23.7. The number of nitriles is 1. The third-order valence-electron chi connectivity index (χ3n) is 6.34. The molecule has 2 amide bonds. The molecule has 0 aliphatic rings. The highest BCUT2D eigenvalue weighted by Gasteiger charge is 2.36. The number of fused-ring (bicyclic) bond motifs is 1. The van der Waals surface area contributed by atoms with E-state index in [2.05, 4.69) is 16.5 Å². The van der Waals surface area contributed by atoms with Crippen molar-refractivity contribution in [3.8, 4) is 23.3 Å². The van der Waals surface area contributed by atoms with E-state index >= 15 is 0 Å². The van der Waals surface area contributed by atoms with Crippen LogP contribution in [0.5, 0.6) is 17.2 Å². The third kappa shape index (κ3) is 5.95. The number of hydrogen-bond donors (Lipinski definition) is 2. The number of likely N-dealkylation sites (N-methyl/N-ethyl adjacent to an activating group) is 1. The fraction of sp³-hybridized carbons (Fsp3) is 0.233. The Morgan fingerprint density at radius 1 is 1.12 bits per heavy atom. The molecule has 0 radical (unpaired) electrons. The van der Waals surface area contributed by atoms with E-state index in [1.54, 1.807) is 76.2 Å². The zero-order chi connectivity index (χ0) is 30.6. The molecule has 0 aliphatic heterocycles. The van der Waals surface area contributed by atoms with Gasteiger partial charge in [-0.1, -0.05) is 12.1 Å². The number of anilines is 2. The maximum absolute atomic E-state index is 12.9. The predicted molar refractivity (Wildman–Crippen MR) is 152 cm³/mol. The summed E-state index contributed by atoms with van der Waals surface area (Å²) in [6, 6.07) is 15.8. The second-order valence-electron chi connectivity index (χ2n) is 9.68. The van der Waals surface area contributed by atoms with E-state index < -0.39 is 23.6 Å². The van der Waals surface area contributed by atoms with E-state index in [-0.39, 0.29) is 23.5 Å². The number of benzene rings is 2. The van der Waals surface area contributed by atoms with Crippen molar-refractivity contribution >= 4 is 34.9 Å². The van der Waals surface area contributed by atoms with Crippen molar-refractivity contribution in [1.82, 2.24) is 14.5 Å². The van der Waals surface area contributed by atoms with Gasteiger partial charge in [0.2, 0.25) is 0 Å². The normalized spacial score (nSPS) is 11.0. The van der Waals surface area contributed by atoms with Crippen LogP contribution in [0.25, 0.3) is 5.52 Å². The van der Waals surface area contributed by atoms with Gasteiger partial charge in [0.1, 0.15) is 11.8 Å². The summed E-state index contributed by atoms with van der Waals surface area (Å²) in [7, 11) is 1.32. The molecule has 0 atom stereocenters. The maximum atomic E-state index is 12.9. The Morgan fingerprint density at radius 2 is 1.79 bits per heavy atom. The zero-order valence-electron chi connectivity index (χ0n) is 23.7. The molecular formula is C30H29N5O7. The first-order valence-corrected chi connectivity index (χ1v) is 12.9. The molecule has 42 heavy (non-hydrogen) atoms. The molecule has 12 heteroatoms. The Hall–Kier alpha value is -5.57. The average Bonchev–Trinajstić information content (AvgIpc) is 3.31. The summed E-state index contributed by atoms with van der Waals surface area (Å²) in [5.41, 5.74) is 0.901. The quantitative estimate of drug-likeness (QED) is 0.262. The van der Waals surface area contributed by atoms with Gasteiger partial charge in [0.05, 0.1) is 35.1 Å². The first kappa shape index (κ1) is 29.4. The second-order valence-corrected chi connectivity index (χ2v) is 9.68. The van der Waals surface area contributed by atoms with Gasteiger partial charge >= 0.3 is 12.1 Å². The fourth-order valence-electron chi connectivity index (χ4n) is 4.24. The number of hydrogen-bond acceptors (Lipinski definition) is 9. The molecule has 2 aromatic carbocycles. The van der Waals surface area contributed by atoms with Crippen LogP contribution in [0.1, 0.15) is 42.3 Å². The topological polar surface area (TPSA) is 155 Å². The van der Waals surface area contributed by atoms with Crippen molar-refractivity contribution in [1.29, 1.82) is 5.26 Å². The molecule has 4 rings (SSSR count). The van der Waals surface area contributed by atoms with E-state index in [0.717, 1.165) is 4.90 Å². The third-order valence-corrected chi connectivity index (χ3v) is 6.34. The number of aromatic carboxylic acids is 1. The van der Waals surface area contributed by atoms with Gasteiger partial charge in [-0.15, -0.1) is 0 Å². The van der Waals surface area contributed by atoms with E-state index in [1.807, 2.05) is 0 Å². The number of carboxylic acid groups (broad SMARTS) is 1. The molecule has 2 N–H and O–H groups in total. The van der Waals surface area contributed by atoms with E-state index in [9.17, 15) is 24.8 Å². The summed E-state index contributed by atoms with van der Waals surface area (Å²) < 4.78 is 18.4. The molecule has 0 bridgehead atoms. The number of nitrogens with one attached hydrogen (secondary N) is 1. The number of para-hydroxylation sites is 2. The van der Waals surface area contributed by atoms with Crippen molar-refractivity contribution < 1.29 is 33.7 Å². The number of carbonyl (C=O) groups excluding carboxylic acids is 2. The summed E-state index contributed by atoms with van der Waals surface area (Å²) >= 11 is 0. The van der Waals surface area contributed by atoms with Gasteiger partial charge in [-0.25, -0.2) is 19.0 Å². The van der Waals surface area contributed by atoms with Crippen LogP contribution in [0.4, 0.5) is 16.2 Å². The molecule has 0 unspecified atom stereocenters. The molecular weight excluding hydrogens is 542 g/mol. The summed E-state index contributed by atoms with van der Waals surface area (Å²) in [6.45, 7) is 6.52. The summed E-state index contributed by atoms with van der Waals surface area (Å²) in [4.78, 5) is 37.5. The van der Waals surface area contributed by atoms with E-state index in [1.165, 1.54) is 24.0 Å². The number of aryl methyl sites for hydroxylation is 1. The van der Waals surface area contributed by atoms with Gasteiger partial charge in [0.25, 0.3) is 5.91 Å². The SMILES string of the molecule is CCOC(=O)N(C)C(=O)C(C)(C)Oc1ccccc1Oc1ccc(Nc2c(C#N)cnn3cc(C(=O)O)c(C)c23)cc1. The van der Waals surface area contributed by atoms with Crippen LogP contribution in [0, 0.1) is 18.3 Å². The van der Waals surface area contributed by atoms with Crippen LogP contribution in [-0.2, 0) is 9.53 Å². The van der Waals surface area contributed by atoms with Crippen molar-refractivity contribution in [2.45, 2.75) is 33.3 Å². The Balaban J connectivity index is 1.55. The maximum Gasteiger partial charge on any atom is 0.416 e. The highest BCUT2D eigenvalue weighted by atomic mass is 16.6. The van der Waals surface area contributed by atoms with Crippen molar-refractivity contribution in [2.75, 3.05) is 19.0 Å². The largest absolute Gasteiger partial charge is 0.478 e. The minimum Gasteiger partial charge on any atom is -0.478 e. The molecule has 0 spiro atoms. The molecule has 0 fully saturated rings. The van der Waals surface area contributed by atoms with Gasteiger partial charge in [-0.2, -0.15) is 10.4 Å². The number of carboxylic acids is 1. The second kappa shape index (κ2) is 11.9. The van der Waals surface area contributed by atoms with Crippen LogP contribution in [0.15, 0.2) is 60.9 Å². The minimum atomic E-state index is -1.42. The number of ether oxygens (including phenoxy) is 3. The van der Waals surface area contributed by atoms with Crippen molar-refractivity contribution in [3.05, 3.63) is 77.6 Å². The lowest BCUT2D eigenvalue weighted by Gasteiger charge is -2.29. The first-order chi connectivity index (χ1) is 20.0. The van der Waals surface area contributed by atoms with Gasteiger partial charge in [0.15, 0.2) is 17.1 Å². The monoisotopic (exact) mass is 571 g/mol. The molecule has 2 aromatic heterocycles. The van der Waals surface area contributed by atoms with E-state index in [0.29, 0.717) is 34.0 Å². The van der Waals surface area contributed by atoms with Crippen LogP contribution >= 0.6 is 0 Å². The molecule has 0 saturated heterocycles. The first-order valence-electron chi connectivity index (χ1n) is 12.9. The number of aromatic nitrogens is 2. The number of amides is 2. The predicted octanol–water partition coefficient (Wildman–Crippen LogP) is 5.52. The summed E-state index contributed by atoms with van der Waals surface area (Å²) in [5.74, 6) is -0.609. The molecule has 0 saturated carbocycles. The van der Waals surface area contributed by atoms with Crippen LogP contribution in [0.3, 0.4) is 0 Å². The summed E-state index contributed by atoms with van der Waals surface area (Å²) in [5, 5.41) is 26.5. The van der Waals surface area contributed by atoms with Gasteiger partial charge in [-0.05, 0) is 69.7 Å². The number of rotatable bonds is 9. The Morgan fingerprint density at radius 3 is 2.40 bits per heavy atom. The number of imide groups is 1. The Kier molecular flexibility index (Phi) is 8.33. The lowest BCUT2D eigenvalue weighted by molar-refractivity contribution is -0.142. The Labute approximate surface area is 241 Å². The highest BCUT2D eigenvalue weighted by molar-refractivity contribution is 5.97. The van der Waals surface area contributed by atoms with Crippen molar-refractivity contribution in [2.24, 2.45) is 0 Å². The minimum absolute atomic E-state index is 0.0858. The summed E-state index contributed by atoms with van der Waals surface area (Å²) in [6.07, 6.45) is 1.99. The smallest absolute Gasteiger partial charge is 0.416 e. The van der Waals surface area contributed by atoms with Gasteiger partial charge < -0.3 is 24.6 Å². The fourth-order valence-corrected chi connectivity index (χ4v) is 4.24. The average molecular weight is 572 g/mol. The molecule has 4 aromatic rings. The van der Waals surface area contributed by atoms with Gasteiger partial charge in [-0.3, -0.25) is 4.79 Å². The van der Waals surface area contributed by atoms with Crippen molar-refractivity contribution in [3.63, 3.8) is 0 Å². The number of carbonyl (C=O) groups is 3. The Bertz CT molecular complexity index is 1700. The van der Waals surface area contributed by atoms with Gasteiger partial charge in [0, 0.05) is 18.9 Å². The van der Waals surface area contributed by atoms with Crippen LogP contribution < -0.4 is 14.8 Å².